The Kier molecular flexibility index (Phi) is 4.93. The van der Waals surface area contributed by atoms with E-state index in [0.29, 0.717) is 15.9 Å². The molecule has 11 heteroatoms. The zero-order chi connectivity index (χ0) is 20.4. The predicted octanol–water partition coefficient (Wildman–Crippen LogP) is 0.984. The van der Waals surface area contributed by atoms with E-state index in [2.05, 4.69) is 64.7 Å². The lowest BCUT2D eigenvalue weighted by Gasteiger charge is -2.51. The summed E-state index contributed by atoms with van der Waals surface area (Å²) in [6.07, 6.45) is -2.16. The number of hydrogen-bond acceptors (Lipinski definition) is 8. The highest BCUT2D eigenvalue weighted by molar-refractivity contribution is 9.10. The molecule has 1 aliphatic rings. The highest BCUT2D eigenvalue weighted by Gasteiger charge is 2.67. The van der Waals surface area contributed by atoms with Crippen LogP contribution in [0.1, 0.15) is 20.8 Å². The summed E-state index contributed by atoms with van der Waals surface area (Å²) in [5.74, 6) is 0.205. The normalized spacial score (nSPS) is 29.6. The Hall–Kier alpha value is -1.11. The van der Waals surface area contributed by atoms with Gasteiger partial charge in [0.1, 0.15) is 32.7 Å². The molecule has 150 valence electrons. The summed E-state index contributed by atoms with van der Waals surface area (Å²) in [6.45, 7) is 9.96. The number of nitrogens with zero attached hydrogens (tertiary/aromatic N) is 4. The first-order chi connectivity index (χ1) is 12.4. The second kappa shape index (κ2) is 6.46. The minimum atomic E-state index is -2.61. The minimum Gasteiger partial charge on any atom is -0.394 e. The SMILES string of the molecule is CC(C)(C)[Si](C)(C)[C@@]1(n2c(Br)nc3c(N)ncnc32)O[C@H](CO)[C@@H](O)[C@H]1O. The number of rotatable bonds is 3. The lowest BCUT2D eigenvalue weighted by atomic mass is 10.1. The van der Waals surface area contributed by atoms with E-state index < -0.39 is 38.3 Å². The number of fused-ring (bicyclic) bond motifs is 1. The monoisotopic (exact) mass is 459 g/mol. The van der Waals surface area contributed by atoms with Crippen molar-refractivity contribution in [3.05, 3.63) is 11.1 Å². The van der Waals surface area contributed by atoms with Crippen LogP contribution in [0.15, 0.2) is 11.1 Å². The number of ether oxygens (including phenoxy) is 1. The first-order valence-corrected chi connectivity index (χ1v) is 12.5. The van der Waals surface area contributed by atoms with Crippen LogP contribution in [-0.2, 0) is 10.1 Å². The maximum absolute atomic E-state index is 11.2. The van der Waals surface area contributed by atoms with Crippen LogP contribution in [0.5, 0.6) is 0 Å². The lowest BCUT2D eigenvalue weighted by molar-refractivity contribution is -0.0962. The smallest absolute Gasteiger partial charge is 0.181 e. The molecular weight excluding hydrogens is 434 g/mol. The average molecular weight is 460 g/mol. The van der Waals surface area contributed by atoms with Gasteiger partial charge in [0.2, 0.25) is 0 Å². The van der Waals surface area contributed by atoms with Gasteiger partial charge in [-0.3, -0.25) is 4.57 Å². The van der Waals surface area contributed by atoms with Crippen molar-refractivity contribution in [1.29, 1.82) is 0 Å². The molecule has 4 atom stereocenters. The fourth-order valence-corrected chi connectivity index (χ4v) is 7.62. The standard InChI is InChI=1S/C16H26BrN5O4Si/c1-15(2,3)27(4,5)16(11(25)10(24)8(6-23)26-16)22-13-9(21-14(22)17)12(18)19-7-20-13/h7-8,10-11,23-25H,6H2,1-5H3,(H2,18,19,20)/t8-,10-,11-,16+/m1/s1. The third kappa shape index (κ3) is 2.67. The van der Waals surface area contributed by atoms with E-state index in [1.165, 1.54) is 6.33 Å². The fourth-order valence-electron chi connectivity index (χ4n) is 3.65. The second-order valence-electron chi connectivity index (χ2n) is 8.49. The molecule has 0 radical (unpaired) electrons. The molecule has 3 rings (SSSR count). The van der Waals surface area contributed by atoms with Crippen LogP contribution in [0.25, 0.3) is 11.2 Å². The number of halogens is 1. The Balaban J connectivity index is 2.41. The maximum Gasteiger partial charge on any atom is 0.181 e. The molecule has 3 heterocycles. The summed E-state index contributed by atoms with van der Waals surface area (Å²) in [5, 5.41) is 30.0. The maximum atomic E-state index is 11.2. The quantitative estimate of drug-likeness (QED) is 0.393. The Morgan fingerprint density at radius 1 is 1.33 bits per heavy atom. The molecule has 0 saturated carbocycles. The second-order valence-corrected chi connectivity index (χ2v) is 14.7. The number of anilines is 1. The van der Waals surface area contributed by atoms with Gasteiger partial charge in [0.05, 0.1) is 6.61 Å². The van der Waals surface area contributed by atoms with Crippen molar-refractivity contribution < 1.29 is 20.1 Å². The van der Waals surface area contributed by atoms with Gasteiger partial charge in [-0.25, -0.2) is 15.0 Å². The van der Waals surface area contributed by atoms with Gasteiger partial charge < -0.3 is 25.8 Å². The zero-order valence-corrected chi connectivity index (χ0v) is 18.6. The van der Waals surface area contributed by atoms with Crippen LogP contribution in [0, 0.1) is 0 Å². The van der Waals surface area contributed by atoms with Gasteiger partial charge >= 0.3 is 0 Å². The van der Waals surface area contributed by atoms with Crippen molar-refractivity contribution >= 4 is 41.0 Å². The lowest BCUT2D eigenvalue weighted by Crippen LogP contribution is -2.66. The van der Waals surface area contributed by atoms with Crippen molar-refractivity contribution in [3.8, 4) is 0 Å². The van der Waals surface area contributed by atoms with Crippen molar-refractivity contribution in [1.82, 2.24) is 19.5 Å². The van der Waals surface area contributed by atoms with Crippen molar-refractivity contribution in [3.63, 3.8) is 0 Å². The summed E-state index contributed by atoms with van der Waals surface area (Å²) in [4.78, 5) is 12.7. The number of aromatic nitrogens is 4. The molecule has 0 aliphatic carbocycles. The number of nitrogens with two attached hydrogens (primary N) is 1. The Morgan fingerprint density at radius 3 is 2.48 bits per heavy atom. The van der Waals surface area contributed by atoms with Crippen LogP contribution in [0.3, 0.4) is 0 Å². The van der Waals surface area contributed by atoms with Crippen LogP contribution in [0.4, 0.5) is 5.82 Å². The first-order valence-electron chi connectivity index (χ1n) is 8.70. The summed E-state index contributed by atoms with van der Waals surface area (Å²) >= 11 is 3.45. The minimum absolute atomic E-state index is 0.205. The number of aliphatic hydroxyl groups excluding tert-OH is 3. The molecule has 1 aliphatic heterocycles. The summed E-state index contributed by atoms with van der Waals surface area (Å²) in [6, 6.07) is 0. The van der Waals surface area contributed by atoms with Crippen LogP contribution in [0.2, 0.25) is 18.1 Å². The van der Waals surface area contributed by atoms with Crippen LogP contribution in [-0.4, -0.2) is 67.8 Å². The Bertz CT molecular complexity index is 870. The van der Waals surface area contributed by atoms with E-state index in [1.54, 1.807) is 4.57 Å². The Labute approximate surface area is 166 Å². The molecule has 0 bridgehead atoms. The van der Waals surface area contributed by atoms with Crippen molar-refractivity contribution in [2.75, 3.05) is 12.3 Å². The third-order valence-corrected chi connectivity index (χ3v) is 12.9. The van der Waals surface area contributed by atoms with Gasteiger partial charge in [-0.2, -0.15) is 0 Å². The predicted molar refractivity (Wildman–Crippen MR) is 107 cm³/mol. The summed E-state index contributed by atoms with van der Waals surface area (Å²) in [7, 11) is -2.61. The highest BCUT2D eigenvalue weighted by Crippen LogP contribution is 2.54. The fraction of sp³-hybridized carbons (Fsp3) is 0.688. The number of nitrogen functional groups attached to an aromatic ring is 1. The van der Waals surface area contributed by atoms with E-state index in [1.807, 2.05) is 0 Å². The molecule has 9 nitrogen and oxygen atoms in total. The third-order valence-electron chi connectivity index (χ3n) is 6.15. The van der Waals surface area contributed by atoms with Crippen molar-refractivity contribution in [2.24, 2.45) is 0 Å². The van der Waals surface area contributed by atoms with Crippen molar-refractivity contribution in [2.45, 2.75) is 62.6 Å². The molecule has 0 spiro atoms. The van der Waals surface area contributed by atoms with E-state index in [4.69, 9.17) is 10.5 Å². The first kappa shape index (κ1) is 20.6. The molecule has 1 fully saturated rings. The van der Waals surface area contributed by atoms with Gasteiger partial charge in [-0.05, 0) is 21.0 Å². The topological polar surface area (TPSA) is 140 Å². The Morgan fingerprint density at radius 2 is 1.96 bits per heavy atom. The average Bonchev–Trinajstić information content (AvgIpc) is 3.04. The number of hydrogen-bond donors (Lipinski definition) is 4. The van der Waals surface area contributed by atoms with Gasteiger partial charge in [0, 0.05) is 0 Å². The molecule has 0 unspecified atom stereocenters. The largest absolute Gasteiger partial charge is 0.394 e. The van der Waals surface area contributed by atoms with Crippen LogP contribution < -0.4 is 5.73 Å². The molecule has 0 aromatic carbocycles. The van der Waals surface area contributed by atoms with Gasteiger partial charge in [-0.15, -0.1) is 0 Å². The number of imidazole rings is 1. The molecule has 27 heavy (non-hydrogen) atoms. The summed E-state index contributed by atoms with van der Waals surface area (Å²) in [5.41, 5.74) is 6.73. The molecule has 0 amide bonds. The highest BCUT2D eigenvalue weighted by atomic mass is 79.9. The number of aliphatic hydroxyl groups is 3. The molecule has 1 saturated heterocycles. The molecular formula is C16H26BrN5O4Si. The zero-order valence-electron chi connectivity index (χ0n) is 16.0. The van der Waals surface area contributed by atoms with E-state index in [0.717, 1.165) is 0 Å². The van der Waals surface area contributed by atoms with Gasteiger partial charge in [0.25, 0.3) is 0 Å². The van der Waals surface area contributed by atoms with E-state index in [-0.39, 0.29) is 10.9 Å². The summed E-state index contributed by atoms with van der Waals surface area (Å²) < 4.78 is 8.32. The van der Waals surface area contributed by atoms with E-state index >= 15 is 0 Å². The molecule has 2 aromatic heterocycles. The molecule has 5 N–H and O–H groups in total. The van der Waals surface area contributed by atoms with Gasteiger partial charge in [-0.1, -0.05) is 33.9 Å². The van der Waals surface area contributed by atoms with Gasteiger partial charge in [0.15, 0.2) is 27.1 Å². The van der Waals surface area contributed by atoms with E-state index in [9.17, 15) is 15.3 Å². The van der Waals surface area contributed by atoms with Crippen LogP contribution >= 0.6 is 15.9 Å². The molecule has 2 aromatic rings.